The molecular formula is C25H27F2N3O4S. The summed E-state index contributed by atoms with van der Waals surface area (Å²) < 4.78 is 40.0. The van der Waals surface area contributed by atoms with Crippen LogP contribution in [0.25, 0.3) is 0 Å². The molecular weight excluding hydrogens is 476 g/mol. The Morgan fingerprint density at radius 1 is 1.26 bits per heavy atom. The van der Waals surface area contributed by atoms with Gasteiger partial charge in [-0.1, -0.05) is 30.0 Å². The quantitative estimate of drug-likeness (QED) is 0.635. The molecule has 0 saturated heterocycles. The van der Waals surface area contributed by atoms with E-state index in [0.717, 1.165) is 18.2 Å². The first-order valence-electron chi connectivity index (χ1n) is 11.2. The normalized spacial score (nSPS) is 21.3. The summed E-state index contributed by atoms with van der Waals surface area (Å²) in [4.78, 5) is 23.9. The van der Waals surface area contributed by atoms with Crippen molar-refractivity contribution in [2.24, 2.45) is 11.0 Å². The van der Waals surface area contributed by atoms with Crippen LogP contribution in [0.4, 0.5) is 13.6 Å². The topological polar surface area (TPSA) is 80.2 Å². The number of nitrogens with one attached hydrogen (secondary N) is 1. The zero-order valence-corrected chi connectivity index (χ0v) is 20.7. The van der Waals surface area contributed by atoms with Gasteiger partial charge in [-0.2, -0.15) is 5.10 Å². The molecule has 2 aromatic rings. The minimum Gasteiger partial charge on any atom is -0.493 e. The van der Waals surface area contributed by atoms with E-state index in [1.54, 1.807) is 26.8 Å². The monoisotopic (exact) mass is 503 g/mol. The third-order valence-corrected chi connectivity index (χ3v) is 7.17. The van der Waals surface area contributed by atoms with Crippen molar-refractivity contribution in [3.63, 3.8) is 0 Å². The maximum atomic E-state index is 14.7. The van der Waals surface area contributed by atoms with E-state index < -0.39 is 28.2 Å². The summed E-state index contributed by atoms with van der Waals surface area (Å²) in [6, 6.07) is 10.4. The molecule has 0 aromatic heterocycles. The van der Waals surface area contributed by atoms with Gasteiger partial charge >= 0.3 is 6.09 Å². The number of carbonyl (C=O) groups excluding carboxylic acids is 2. The Morgan fingerprint density at radius 3 is 2.71 bits per heavy atom. The SMILES string of the molecule is CC(=O)N1N=C(c2cc(F)ccc2F)S[C@@]12c1ccccc1OC[C@H]2CCNC(=O)OC(C)(C)C. The molecule has 35 heavy (non-hydrogen) atoms. The first-order chi connectivity index (χ1) is 16.5. The Balaban J connectivity index is 1.69. The lowest BCUT2D eigenvalue weighted by Gasteiger charge is -2.45. The third kappa shape index (κ3) is 4.98. The number of amides is 2. The lowest BCUT2D eigenvalue weighted by molar-refractivity contribution is -0.134. The van der Waals surface area contributed by atoms with Gasteiger partial charge in [-0.15, -0.1) is 0 Å². The van der Waals surface area contributed by atoms with E-state index in [4.69, 9.17) is 9.47 Å². The van der Waals surface area contributed by atoms with Crippen LogP contribution in [0.2, 0.25) is 0 Å². The molecule has 2 atom stereocenters. The van der Waals surface area contributed by atoms with Gasteiger partial charge in [0, 0.05) is 30.5 Å². The van der Waals surface area contributed by atoms with Crippen molar-refractivity contribution >= 4 is 28.8 Å². The summed E-state index contributed by atoms with van der Waals surface area (Å²) in [6.07, 6.45) is -0.136. The molecule has 4 rings (SSSR count). The second-order valence-electron chi connectivity index (χ2n) is 9.38. The van der Waals surface area contributed by atoms with Gasteiger partial charge in [0.25, 0.3) is 0 Å². The second kappa shape index (κ2) is 9.49. The molecule has 10 heteroatoms. The molecule has 7 nitrogen and oxygen atoms in total. The number of hydrogen-bond acceptors (Lipinski definition) is 6. The van der Waals surface area contributed by atoms with Gasteiger partial charge in [-0.05, 0) is 51.5 Å². The van der Waals surface area contributed by atoms with Crippen LogP contribution in [-0.2, 0) is 14.4 Å². The molecule has 1 spiro atoms. The smallest absolute Gasteiger partial charge is 0.407 e. The number of nitrogens with zero attached hydrogens (tertiary/aromatic N) is 2. The number of benzene rings is 2. The maximum absolute atomic E-state index is 14.7. The van der Waals surface area contributed by atoms with Crippen LogP contribution in [0.15, 0.2) is 47.6 Å². The van der Waals surface area contributed by atoms with E-state index in [2.05, 4.69) is 10.4 Å². The van der Waals surface area contributed by atoms with E-state index >= 15 is 0 Å². The number of fused-ring (bicyclic) bond motifs is 2. The Kier molecular flexibility index (Phi) is 6.77. The standard InChI is InChI=1S/C25H27F2N3O4S/c1-15(31)30-25(35-22(29-30)18-13-17(26)9-10-20(18)27)16(11-12-28-23(32)34-24(2,3)4)14-33-21-8-6-5-7-19(21)25/h5-10,13,16H,11-12,14H2,1-4H3,(H,28,32)/t16-,25+/m1/s1. The molecule has 2 aliphatic rings. The Labute approximate surface area is 206 Å². The highest BCUT2D eigenvalue weighted by Gasteiger charge is 2.56. The highest BCUT2D eigenvalue weighted by Crippen LogP contribution is 2.57. The summed E-state index contributed by atoms with van der Waals surface area (Å²) in [7, 11) is 0. The summed E-state index contributed by atoms with van der Waals surface area (Å²) in [6.45, 7) is 7.19. The number of rotatable bonds is 4. The number of halogens is 2. The third-order valence-electron chi connectivity index (χ3n) is 5.64. The number of carbonyl (C=O) groups is 2. The largest absolute Gasteiger partial charge is 0.493 e. The van der Waals surface area contributed by atoms with Crippen molar-refractivity contribution in [3.05, 3.63) is 65.2 Å². The fraction of sp³-hybridized carbons (Fsp3) is 0.400. The summed E-state index contributed by atoms with van der Waals surface area (Å²) >= 11 is 1.19. The van der Waals surface area contributed by atoms with Crippen molar-refractivity contribution in [2.75, 3.05) is 13.2 Å². The Hall–Kier alpha value is -3.14. The highest BCUT2D eigenvalue weighted by atomic mass is 32.2. The minimum atomic E-state index is -1.07. The number of alkyl carbamates (subject to hydrolysis) is 1. The van der Waals surface area contributed by atoms with Crippen LogP contribution in [0.5, 0.6) is 5.75 Å². The number of thioether (sulfide) groups is 1. The molecule has 2 aliphatic heterocycles. The number of hydrazone groups is 1. The molecule has 1 N–H and O–H groups in total. The zero-order valence-electron chi connectivity index (χ0n) is 19.9. The van der Waals surface area contributed by atoms with E-state index in [0.29, 0.717) is 17.7 Å². The van der Waals surface area contributed by atoms with Crippen molar-refractivity contribution in [2.45, 2.75) is 44.6 Å². The predicted octanol–water partition coefficient (Wildman–Crippen LogP) is 5.00. The molecule has 186 valence electrons. The van der Waals surface area contributed by atoms with Gasteiger partial charge in [-0.3, -0.25) is 4.79 Å². The lowest BCUT2D eigenvalue weighted by atomic mass is 9.86. The average molecular weight is 504 g/mol. The fourth-order valence-corrected chi connectivity index (χ4v) is 5.80. The van der Waals surface area contributed by atoms with E-state index in [1.165, 1.54) is 23.7 Å². The van der Waals surface area contributed by atoms with Crippen LogP contribution in [0.3, 0.4) is 0 Å². The molecule has 0 aliphatic carbocycles. The van der Waals surface area contributed by atoms with Gasteiger partial charge in [0.2, 0.25) is 5.91 Å². The molecule has 0 bridgehead atoms. The lowest BCUT2D eigenvalue weighted by Crippen LogP contribution is -2.51. The van der Waals surface area contributed by atoms with E-state index in [-0.39, 0.29) is 35.6 Å². The molecule has 2 heterocycles. The first-order valence-corrected chi connectivity index (χ1v) is 12.1. The van der Waals surface area contributed by atoms with Crippen molar-refractivity contribution in [1.29, 1.82) is 0 Å². The molecule has 2 aromatic carbocycles. The van der Waals surface area contributed by atoms with Gasteiger partial charge in [0.1, 0.15) is 28.0 Å². The minimum absolute atomic E-state index is 0.0206. The molecule has 0 saturated carbocycles. The number of ether oxygens (including phenoxy) is 2. The van der Waals surface area contributed by atoms with Crippen molar-refractivity contribution in [1.82, 2.24) is 10.3 Å². The van der Waals surface area contributed by atoms with Gasteiger partial charge < -0.3 is 14.8 Å². The fourth-order valence-electron chi connectivity index (χ4n) is 4.23. The van der Waals surface area contributed by atoms with Crippen molar-refractivity contribution < 1.29 is 27.8 Å². The summed E-state index contributed by atoms with van der Waals surface area (Å²) in [5, 5.41) is 8.73. The molecule has 0 radical (unpaired) electrons. The van der Waals surface area contributed by atoms with Crippen LogP contribution >= 0.6 is 11.8 Å². The second-order valence-corrected chi connectivity index (χ2v) is 10.6. The zero-order chi connectivity index (χ0) is 25.4. The van der Waals surface area contributed by atoms with Crippen LogP contribution < -0.4 is 10.1 Å². The highest BCUT2D eigenvalue weighted by molar-refractivity contribution is 8.15. The predicted molar refractivity (Wildman–Crippen MR) is 129 cm³/mol. The van der Waals surface area contributed by atoms with Gasteiger partial charge in [-0.25, -0.2) is 18.6 Å². The van der Waals surface area contributed by atoms with E-state index in [1.807, 2.05) is 18.2 Å². The number of para-hydroxylation sites is 1. The summed E-state index contributed by atoms with van der Waals surface area (Å²) in [5.41, 5.74) is 0.0416. The van der Waals surface area contributed by atoms with Crippen molar-refractivity contribution in [3.8, 4) is 5.75 Å². The maximum Gasteiger partial charge on any atom is 0.407 e. The van der Waals surface area contributed by atoms with Gasteiger partial charge in [0.15, 0.2) is 4.87 Å². The molecule has 0 unspecified atom stereocenters. The van der Waals surface area contributed by atoms with Crippen LogP contribution in [-0.4, -0.2) is 40.8 Å². The van der Waals surface area contributed by atoms with E-state index in [9.17, 15) is 18.4 Å². The Bertz CT molecular complexity index is 1180. The van der Waals surface area contributed by atoms with Crippen LogP contribution in [0, 0.1) is 17.6 Å². The molecule has 0 fully saturated rings. The summed E-state index contributed by atoms with van der Waals surface area (Å²) in [5.74, 6) is -1.35. The Morgan fingerprint density at radius 2 is 2.00 bits per heavy atom. The number of hydrogen-bond donors (Lipinski definition) is 1. The van der Waals surface area contributed by atoms with Gasteiger partial charge in [0.05, 0.1) is 6.61 Å². The molecule has 2 amide bonds. The average Bonchev–Trinajstić information content (AvgIpc) is 3.17. The van der Waals surface area contributed by atoms with Crippen LogP contribution in [0.1, 0.15) is 45.2 Å². The first kappa shape index (κ1) is 25.0.